The summed E-state index contributed by atoms with van der Waals surface area (Å²) in [7, 11) is 3.61. The molecule has 0 aliphatic heterocycles. The molecule has 0 fully saturated rings. The summed E-state index contributed by atoms with van der Waals surface area (Å²) in [6, 6.07) is 16.6. The highest BCUT2D eigenvalue weighted by atomic mass is 16.6. The monoisotopic (exact) mass is 394 g/mol. The zero-order valence-electron chi connectivity index (χ0n) is 16.7. The number of hydrogen-bond acceptors (Lipinski definition) is 4. The predicted molar refractivity (Wildman–Crippen MR) is 112 cm³/mol. The number of hydrogen-bond donors (Lipinski definition) is 2. The minimum absolute atomic E-state index is 0.0113. The second-order valence-corrected chi connectivity index (χ2v) is 7.16. The summed E-state index contributed by atoms with van der Waals surface area (Å²) in [5.41, 5.74) is 2.40. The van der Waals surface area contributed by atoms with E-state index >= 15 is 0 Å². The molecule has 0 saturated heterocycles. The first-order valence-corrected chi connectivity index (χ1v) is 9.28. The minimum Gasteiger partial charge on any atom is -0.497 e. The third kappa shape index (κ3) is 5.08. The summed E-state index contributed by atoms with van der Waals surface area (Å²) in [5.74, 6) is 0.691. The number of anilines is 1. The number of ether oxygens (including phenoxy) is 1. The van der Waals surface area contributed by atoms with Crippen LogP contribution >= 0.6 is 0 Å². The van der Waals surface area contributed by atoms with Crippen molar-refractivity contribution >= 4 is 28.1 Å². The Hall–Kier alpha value is -3.45. The van der Waals surface area contributed by atoms with Gasteiger partial charge in [0.15, 0.2) is 6.54 Å². The first-order valence-electron chi connectivity index (χ1n) is 9.28. The van der Waals surface area contributed by atoms with Gasteiger partial charge in [0.2, 0.25) is 0 Å². The van der Waals surface area contributed by atoms with E-state index in [1.54, 1.807) is 20.1 Å². The molecule has 7 heteroatoms. The fraction of sp³-hybridized carbons (Fsp3) is 0.227. The second kappa shape index (κ2) is 8.70. The largest absolute Gasteiger partial charge is 0.497 e. The summed E-state index contributed by atoms with van der Waals surface area (Å²) in [4.78, 5) is 23.8. The van der Waals surface area contributed by atoms with E-state index in [9.17, 15) is 14.9 Å². The van der Waals surface area contributed by atoms with Crippen LogP contribution in [0.5, 0.6) is 5.75 Å². The van der Waals surface area contributed by atoms with E-state index in [4.69, 9.17) is 4.74 Å². The number of non-ortho nitro benzene ring substituents is 1. The molecule has 3 rings (SSSR count). The Morgan fingerprint density at radius 2 is 1.83 bits per heavy atom. The van der Waals surface area contributed by atoms with Crippen LogP contribution in [0.25, 0.3) is 10.8 Å². The van der Waals surface area contributed by atoms with E-state index in [1.165, 1.54) is 12.1 Å². The van der Waals surface area contributed by atoms with Gasteiger partial charge < -0.3 is 15.0 Å². The summed E-state index contributed by atoms with van der Waals surface area (Å²) in [6.45, 7) is 2.73. The smallest absolute Gasteiger partial charge is 0.279 e. The SMILES string of the molecule is COc1ccc2cc(C[NH+](C)CC(=O)Nc3ccc([N+](=O)[O-])cc3C)ccc2c1. The van der Waals surface area contributed by atoms with Gasteiger partial charge in [-0.3, -0.25) is 14.9 Å². The van der Waals surface area contributed by atoms with Crippen LogP contribution in [0, 0.1) is 17.0 Å². The molecule has 0 spiro atoms. The zero-order valence-corrected chi connectivity index (χ0v) is 16.7. The number of rotatable bonds is 7. The van der Waals surface area contributed by atoms with Crippen LogP contribution in [0.3, 0.4) is 0 Å². The van der Waals surface area contributed by atoms with Gasteiger partial charge in [0.1, 0.15) is 12.3 Å². The van der Waals surface area contributed by atoms with Crippen LogP contribution in [0.15, 0.2) is 54.6 Å². The quantitative estimate of drug-likeness (QED) is 0.477. The van der Waals surface area contributed by atoms with Crippen molar-refractivity contribution in [3.8, 4) is 5.75 Å². The summed E-state index contributed by atoms with van der Waals surface area (Å²) >= 11 is 0. The molecule has 0 aliphatic carbocycles. The van der Waals surface area contributed by atoms with Crippen LogP contribution < -0.4 is 15.0 Å². The van der Waals surface area contributed by atoms with Crippen LogP contribution in [0.1, 0.15) is 11.1 Å². The van der Waals surface area contributed by atoms with Gasteiger partial charge in [-0.25, -0.2) is 0 Å². The molecule has 1 unspecified atom stereocenters. The lowest BCUT2D eigenvalue weighted by Crippen LogP contribution is -3.08. The molecule has 0 aliphatic rings. The lowest BCUT2D eigenvalue weighted by Gasteiger charge is -2.15. The van der Waals surface area contributed by atoms with Gasteiger partial charge in [-0.1, -0.05) is 18.2 Å². The normalized spacial score (nSPS) is 11.8. The van der Waals surface area contributed by atoms with Gasteiger partial charge in [-0.2, -0.15) is 0 Å². The molecule has 2 N–H and O–H groups in total. The molecule has 3 aromatic rings. The Morgan fingerprint density at radius 3 is 2.52 bits per heavy atom. The number of amides is 1. The highest BCUT2D eigenvalue weighted by molar-refractivity contribution is 5.92. The number of benzene rings is 3. The first kappa shape index (κ1) is 20.3. The summed E-state index contributed by atoms with van der Waals surface area (Å²) in [5, 5.41) is 15.9. The van der Waals surface area contributed by atoms with Crippen LogP contribution in [-0.4, -0.2) is 31.5 Å². The van der Waals surface area contributed by atoms with Gasteiger partial charge in [-0.05, 0) is 47.5 Å². The summed E-state index contributed by atoms with van der Waals surface area (Å²) < 4.78 is 5.25. The van der Waals surface area contributed by atoms with Crippen molar-refractivity contribution in [2.24, 2.45) is 0 Å². The van der Waals surface area contributed by atoms with Gasteiger partial charge in [0.05, 0.1) is 19.1 Å². The maximum atomic E-state index is 12.4. The molecule has 7 nitrogen and oxygen atoms in total. The maximum absolute atomic E-state index is 12.4. The van der Waals surface area contributed by atoms with Crippen LogP contribution in [-0.2, 0) is 11.3 Å². The number of carbonyl (C=O) groups is 1. The zero-order chi connectivity index (χ0) is 21.0. The van der Waals surface area contributed by atoms with Gasteiger partial charge in [0, 0.05) is 23.4 Å². The molecule has 29 heavy (non-hydrogen) atoms. The van der Waals surface area contributed by atoms with Gasteiger partial charge in [0.25, 0.3) is 11.6 Å². The van der Waals surface area contributed by atoms with Crippen molar-refractivity contribution in [1.82, 2.24) is 0 Å². The Bertz CT molecular complexity index is 1070. The van der Waals surface area contributed by atoms with Crippen LogP contribution in [0.2, 0.25) is 0 Å². The number of likely N-dealkylation sites (N-methyl/N-ethyl adjacent to an activating group) is 1. The molecule has 1 amide bonds. The number of nitrogens with zero attached hydrogens (tertiary/aromatic N) is 1. The van der Waals surface area contributed by atoms with Gasteiger partial charge in [-0.15, -0.1) is 0 Å². The molecule has 0 radical (unpaired) electrons. The Balaban J connectivity index is 1.61. The molecule has 0 saturated carbocycles. The lowest BCUT2D eigenvalue weighted by atomic mass is 10.1. The van der Waals surface area contributed by atoms with Crippen molar-refractivity contribution in [3.05, 3.63) is 75.8 Å². The van der Waals surface area contributed by atoms with E-state index in [0.29, 0.717) is 17.8 Å². The number of nitro benzene ring substituents is 1. The Morgan fingerprint density at radius 1 is 1.10 bits per heavy atom. The molecule has 0 aromatic heterocycles. The average molecular weight is 394 g/mol. The van der Waals surface area contributed by atoms with Crippen molar-refractivity contribution in [2.45, 2.75) is 13.5 Å². The molecule has 150 valence electrons. The maximum Gasteiger partial charge on any atom is 0.279 e. The van der Waals surface area contributed by atoms with E-state index < -0.39 is 4.92 Å². The Labute approximate surface area is 169 Å². The number of nitro groups is 1. The fourth-order valence-corrected chi connectivity index (χ4v) is 3.29. The summed E-state index contributed by atoms with van der Waals surface area (Å²) in [6.07, 6.45) is 0. The first-order chi connectivity index (χ1) is 13.9. The number of quaternary nitrogens is 1. The van der Waals surface area contributed by atoms with Crippen molar-refractivity contribution in [3.63, 3.8) is 0 Å². The van der Waals surface area contributed by atoms with Crippen molar-refractivity contribution in [1.29, 1.82) is 0 Å². The predicted octanol–water partition coefficient (Wildman–Crippen LogP) is 2.72. The fourth-order valence-electron chi connectivity index (χ4n) is 3.29. The highest BCUT2D eigenvalue weighted by Gasteiger charge is 2.14. The molecule has 1 atom stereocenters. The topological polar surface area (TPSA) is 85.9 Å². The molecular formula is C22H24N3O4+. The second-order valence-electron chi connectivity index (χ2n) is 7.16. The minimum atomic E-state index is -0.448. The van der Waals surface area contributed by atoms with E-state index in [2.05, 4.69) is 23.5 Å². The number of nitrogens with one attached hydrogen (secondary N) is 2. The van der Waals surface area contributed by atoms with Crippen molar-refractivity contribution in [2.75, 3.05) is 26.0 Å². The number of aryl methyl sites for hydroxylation is 1. The molecular weight excluding hydrogens is 370 g/mol. The third-order valence-corrected chi connectivity index (χ3v) is 4.77. The highest BCUT2D eigenvalue weighted by Crippen LogP contribution is 2.22. The standard InChI is InChI=1S/C22H23N3O4/c1-15-10-19(25(27)28)7-9-21(15)23-22(26)14-24(2)13-16-4-5-18-12-20(29-3)8-6-17(18)11-16/h4-12H,13-14H2,1-3H3,(H,23,26)/p+1. The van der Waals surface area contributed by atoms with E-state index in [0.717, 1.165) is 27.0 Å². The number of methoxy groups -OCH3 is 1. The molecule has 0 bridgehead atoms. The molecule has 0 heterocycles. The van der Waals surface area contributed by atoms with Crippen molar-refractivity contribution < 1.29 is 19.4 Å². The van der Waals surface area contributed by atoms with E-state index in [1.807, 2.05) is 25.2 Å². The molecule has 3 aromatic carbocycles. The van der Waals surface area contributed by atoms with Gasteiger partial charge >= 0.3 is 0 Å². The average Bonchev–Trinajstić information content (AvgIpc) is 2.68. The Kier molecular flexibility index (Phi) is 6.09. The number of fused-ring (bicyclic) bond motifs is 1. The lowest BCUT2D eigenvalue weighted by molar-refractivity contribution is -0.885. The number of carbonyl (C=O) groups excluding carboxylic acids is 1. The van der Waals surface area contributed by atoms with Crippen LogP contribution in [0.4, 0.5) is 11.4 Å². The third-order valence-electron chi connectivity index (χ3n) is 4.77. The van der Waals surface area contributed by atoms with E-state index in [-0.39, 0.29) is 18.1 Å².